The van der Waals surface area contributed by atoms with Gasteiger partial charge in [0.15, 0.2) is 0 Å². The van der Waals surface area contributed by atoms with Gasteiger partial charge in [-0.05, 0) is 60.4 Å². The summed E-state index contributed by atoms with van der Waals surface area (Å²) >= 11 is 0. The number of aliphatic imine (C=N–C) groups is 2. The van der Waals surface area contributed by atoms with Crippen molar-refractivity contribution in [1.29, 1.82) is 0 Å². The summed E-state index contributed by atoms with van der Waals surface area (Å²) in [6, 6.07) is 15.5. The van der Waals surface area contributed by atoms with Gasteiger partial charge in [-0.3, -0.25) is 0 Å². The van der Waals surface area contributed by atoms with Gasteiger partial charge in [-0.15, -0.1) is 12.8 Å². The topological polar surface area (TPSA) is 31.2 Å². The third-order valence-electron chi connectivity index (χ3n) is 3.71. The van der Waals surface area contributed by atoms with E-state index < -0.39 is 0 Å². The Morgan fingerprint density at radius 3 is 1.19 bits per heavy atom. The monoisotopic (exact) mass is 342 g/mol. The molecule has 130 valence electrons. The lowest BCUT2D eigenvalue weighted by atomic mass is 10.2. The second-order valence-corrected chi connectivity index (χ2v) is 6.03. The summed E-state index contributed by atoms with van der Waals surface area (Å²) in [7, 11) is 7.93. The fourth-order valence-corrected chi connectivity index (χ4v) is 2.22. The van der Waals surface area contributed by atoms with Crippen molar-refractivity contribution >= 4 is 34.2 Å². The van der Waals surface area contributed by atoms with E-state index in [9.17, 15) is 0 Å². The van der Waals surface area contributed by atoms with Crippen LogP contribution in [0.5, 0.6) is 0 Å². The quantitative estimate of drug-likeness (QED) is 0.609. The zero-order chi connectivity index (χ0) is 19.1. The zero-order valence-electron chi connectivity index (χ0n) is 15.6. The van der Waals surface area contributed by atoms with Crippen molar-refractivity contribution in [3.8, 4) is 24.7 Å². The van der Waals surface area contributed by atoms with Crippen LogP contribution in [-0.2, 0) is 0 Å². The van der Waals surface area contributed by atoms with Crippen molar-refractivity contribution < 1.29 is 0 Å². The summed E-state index contributed by atoms with van der Waals surface area (Å²) < 4.78 is 0. The second-order valence-electron chi connectivity index (χ2n) is 6.03. The molecule has 2 rings (SSSR count). The van der Waals surface area contributed by atoms with Crippen LogP contribution in [0.15, 0.2) is 58.5 Å². The molecule has 0 N–H and O–H groups in total. The Morgan fingerprint density at radius 1 is 0.654 bits per heavy atom. The van der Waals surface area contributed by atoms with E-state index in [4.69, 9.17) is 12.8 Å². The molecule has 0 spiro atoms. The Kier molecular flexibility index (Phi) is 6.20. The Balaban J connectivity index is 2.33. The van der Waals surface area contributed by atoms with Gasteiger partial charge in [0, 0.05) is 39.6 Å². The molecule has 2 aromatic carbocycles. The maximum atomic E-state index is 5.62. The van der Waals surface area contributed by atoms with Gasteiger partial charge in [0.2, 0.25) is 0 Å². The van der Waals surface area contributed by atoms with Crippen LogP contribution in [0.3, 0.4) is 0 Å². The number of terminal acetylenes is 2. The third-order valence-corrected chi connectivity index (χ3v) is 3.71. The highest BCUT2D eigenvalue weighted by molar-refractivity contribution is 6.54. The first-order valence-electron chi connectivity index (χ1n) is 8.10. The van der Waals surface area contributed by atoms with Crippen LogP contribution in [0.25, 0.3) is 0 Å². The molecule has 4 nitrogen and oxygen atoms in total. The molecule has 4 heteroatoms. The summed E-state index contributed by atoms with van der Waals surface area (Å²) in [5, 5.41) is 0. The van der Waals surface area contributed by atoms with E-state index in [2.05, 4.69) is 21.8 Å². The molecular formula is C22H22N4. The van der Waals surface area contributed by atoms with Gasteiger partial charge in [0.1, 0.15) is 11.4 Å². The van der Waals surface area contributed by atoms with E-state index in [0.29, 0.717) is 11.4 Å². The molecule has 0 atom stereocenters. The van der Waals surface area contributed by atoms with E-state index >= 15 is 0 Å². The highest BCUT2D eigenvalue weighted by atomic mass is 15.1. The van der Waals surface area contributed by atoms with Crippen LogP contribution >= 0.6 is 0 Å². The lowest BCUT2D eigenvalue weighted by Crippen LogP contribution is -2.10. The lowest BCUT2D eigenvalue weighted by molar-refractivity contribution is 1.13. The number of hydrogen-bond donors (Lipinski definition) is 0. The van der Waals surface area contributed by atoms with E-state index in [1.54, 1.807) is 0 Å². The van der Waals surface area contributed by atoms with Crippen molar-refractivity contribution in [3.63, 3.8) is 0 Å². The molecule has 0 heterocycles. The molecule has 0 aliphatic carbocycles. The van der Waals surface area contributed by atoms with Gasteiger partial charge < -0.3 is 9.80 Å². The smallest absolute Gasteiger partial charge is 0.147 e. The minimum atomic E-state index is 0.335. The first kappa shape index (κ1) is 18.8. The maximum Gasteiger partial charge on any atom is 0.147 e. The van der Waals surface area contributed by atoms with E-state index in [1.165, 1.54) is 0 Å². The largest absolute Gasteiger partial charge is 0.378 e. The molecule has 0 bridgehead atoms. The Morgan fingerprint density at radius 2 is 0.962 bits per heavy atom. The fourth-order valence-electron chi connectivity index (χ4n) is 2.22. The van der Waals surface area contributed by atoms with Crippen LogP contribution in [0.4, 0.5) is 22.7 Å². The van der Waals surface area contributed by atoms with Crippen LogP contribution in [0.1, 0.15) is 0 Å². The van der Waals surface area contributed by atoms with Gasteiger partial charge in [0.25, 0.3) is 0 Å². The van der Waals surface area contributed by atoms with Crippen molar-refractivity contribution in [3.05, 3.63) is 48.5 Å². The van der Waals surface area contributed by atoms with Crippen molar-refractivity contribution in [2.24, 2.45) is 9.98 Å². The Hall–Kier alpha value is -3.50. The summed E-state index contributed by atoms with van der Waals surface area (Å²) in [5.74, 6) is 5.09. The average Bonchev–Trinajstić information content (AvgIpc) is 2.65. The zero-order valence-corrected chi connectivity index (χ0v) is 15.6. The maximum absolute atomic E-state index is 5.62. The van der Waals surface area contributed by atoms with Gasteiger partial charge in [-0.2, -0.15) is 0 Å². The SMILES string of the molecule is C#CC(=Nc1ccc(N(C)C)cc1)C(C#C)=Nc1ccc(N(C)C)cc1. The molecule has 0 saturated heterocycles. The number of benzene rings is 2. The number of hydrogen-bond acceptors (Lipinski definition) is 4. The predicted molar refractivity (Wildman–Crippen MR) is 113 cm³/mol. The number of nitrogens with zero attached hydrogens (tertiary/aromatic N) is 4. The van der Waals surface area contributed by atoms with Crippen LogP contribution in [0.2, 0.25) is 0 Å². The van der Waals surface area contributed by atoms with Gasteiger partial charge in [-0.25, -0.2) is 9.98 Å². The fraction of sp³-hybridized carbons (Fsp3) is 0.182. The minimum absolute atomic E-state index is 0.335. The molecule has 0 amide bonds. The summed E-state index contributed by atoms with van der Waals surface area (Å²) in [4.78, 5) is 13.0. The lowest BCUT2D eigenvalue weighted by Gasteiger charge is -2.12. The molecule has 26 heavy (non-hydrogen) atoms. The van der Waals surface area contributed by atoms with Gasteiger partial charge >= 0.3 is 0 Å². The molecule has 0 aliphatic heterocycles. The molecule has 0 aromatic heterocycles. The normalized spacial score (nSPS) is 11.5. The predicted octanol–water partition coefficient (Wildman–Crippen LogP) is 3.93. The average molecular weight is 342 g/mol. The van der Waals surface area contributed by atoms with E-state index in [0.717, 1.165) is 22.7 Å². The first-order chi connectivity index (χ1) is 12.4. The van der Waals surface area contributed by atoms with Crippen LogP contribution in [0, 0.1) is 24.7 Å². The summed E-state index contributed by atoms with van der Waals surface area (Å²) in [6.45, 7) is 0. The Bertz CT molecular complexity index is 810. The van der Waals surface area contributed by atoms with Crippen molar-refractivity contribution in [2.45, 2.75) is 0 Å². The van der Waals surface area contributed by atoms with E-state index in [1.807, 2.05) is 86.5 Å². The van der Waals surface area contributed by atoms with Gasteiger partial charge in [0.05, 0.1) is 11.4 Å². The highest BCUT2D eigenvalue weighted by Crippen LogP contribution is 2.20. The standard InChI is InChI=1S/C22H22N4/c1-7-21(23-17-9-13-19(14-10-17)25(3)4)22(8-2)24-18-11-15-20(16-12-18)26(5)6/h1-2,9-16H,3-6H3. The van der Waals surface area contributed by atoms with Crippen LogP contribution < -0.4 is 9.80 Å². The van der Waals surface area contributed by atoms with Gasteiger partial charge in [-0.1, -0.05) is 0 Å². The second kappa shape index (κ2) is 8.55. The molecular weight excluding hydrogens is 320 g/mol. The molecule has 0 fully saturated rings. The molecule has 2 aromatic rings. The molecule has 0 unspecified atom stereocenters. The van der Waals surface area contributed by atoms with Crippen molar-refractivity contribution in [1.82, 2.24) is 0 Å². The molecule has 0 aliphatic rings. The third kappa shape index (κ3) is 4.75. The minimum Gasteiger partial charge on any atom is -0.378 e. The van der Waals surface area contributed by atoms with Crippen molar-refractivity contribution in [2.75, 3.05) is 38.0 Å². The highest BCUT2D eigenvalue weighted by Gasteiger charge is 2.06. The first-order valence-corrected chi connectivity index (χ1v) is 8.10. The van der Waals surface area contributed by atoms with E-state index in [-0.39, 0.29) is 0 Å². The Labute approximate surface area is 155 Å². The summed E-state index contributed by atoms with van der Waals surface area (Å²) in [5.41, 5.74) is 4.29. The number of anilines is 2. The molecule has 0 saturated carbocycles. The summed E-state index contributed by atoms with van der Waals surface area (Å²) in [6.07, 6.45) is 11.2. The van der Waals surface area contributed by atoms with Crippen LogP contribution in [-0.4, -0.2) is 39.6 Å². The molecule has 0 radical (unpaired) electrons. The number of rotatable bonds is 5.